The molecule has 0 aliphatic heterocycles. The number of rotatable bonds is 4. The van der Waals surface area contributed by atoms with Crippen molar-refractivity contribution in [2.75, 3.05) is 7.11 Å². The van der Waals surface area contributed by atoms with Crippen LogP contribution in [0.25, 0.3) is 0 Å². The number of hydrogen-bond donors (Lipinski definition) is 0. The fourth-order valence-electron chi connectivity index (χ4n) is 1.27. The highest BCUT2D eigenvalue weighted by Crippen LogP contribution is 2.21. The molecule has 0 fully saturated rings. The molecule has 0 N–H and O–H groups in total. The van der Waals surface area contributed by atoms with Gasteiger partial charge in [-0.1, -0.05) is 12.1 Å². The molecule has 0 heterocycles. The Morgan fingerprint density at radius 3 is 2.40 bits per heavy atom. The van der Waals surface area contributed by atoms with Crippen LogP contribution in [0.1, 0.15) is 24.2 Å². The standard InChI is InChI=1S/C12H14O3/c1-8(9(2)13)12(14)10-6-4-5-7-11(10)15-3/h4-8H,1-3H3. The maximum absolute atomic E-state index is 11.9. The first-order valence-corrected chi connectivity index (χ1v) is 4.75. The summed E-state index contributed by atoms with van der Waals surface area (Å²) in [5, 5.41) is 0. The molecule has 0 aliphatic rings. The Hall–Kier alpha value is -1.64. The minimum atomic E-state index is -0.610. The predicted molar refractivity (Wildman–Crippen MR) is 57.2 cm³/mol. The molecule has 3 heteroatoms. The van der Waals surface area contributed by atoms with E-state index < -0.39 is 5.92 Å². The molecule has 1 atom stereocenters. The molecule has 0 aromatic heterocycles. The number of benzene rings is 1. The van der Waals surface area contributed by atoms with Crippen molar-refractivity contribution in [2.45, 2.75) is 13.8 Å². The van der Waals surface area contributed by atoms with Crippen molar-refractivity contribution in [1.29, 1.82) is 0 Å². The number of Topliss-reactive ketones (excluding diaryl/α,β-unsaturated/α-hetero) is 2. The van der Waals surface area contributed by atoms with Crippen molar-refractivity contribution in [1.82, 2.24) is 0 Å². The van der Waals surface area contributed by atoms with E-state index in [-0.39, 0.29) is 11.6 Å². The van der Waals surface area contributed by atoms with Crippen LogP contribution in [-0.4, -0.2) is 18.7 Å². The molecule has 0 aliphatic carbocycles. The smallest absolute Gasteiger partial charge is 0.176 e. The largest absolute Gasteiger partial charge is 0.496 e. The Morgan fingerprint density at radius 1 is 1.27 bits per heavy atom. The SMILES string of the molecule is COc1ccccc1C(=O)C(C)C(C)=O. The fraction of sp³-hybridized carbons (Fsp3) is 0.333. The molecule has 80 valence electrons. The van der Waals surface area contributed by atoms with Crippen LogP contribution in [0.3, 0.4) is 0 Å². The van der Waals surface area contributed by atoms with Crippen LogP contribution in [-0.2, 0) is 4.79 Å². The summed E-state index contributed by atoms with van der Waals surface area (Å²) in [5.41, 5.74) is 0.461. The molecular formula is C12H14O3. The lowest BCUT2D eigenvalue weighted by Gasteiger charge is -2.10. The Morgan fingerprint density at radius 2 is 1.87 bits per heavy atom. The maximum Gasteiger partial charge on any atom is 0.176 e. The second kappa shape index (κ2) is 4.73. The first kappa shape index (κ1) is 11.4. The van der Waals surface area contributed by atoms with E-state index in [9.17, 15) is 9.59 Å². The summed E-state index contributed by atoms with van der Waals surface area (Å²) >= 11 is 0. The van der Waals surface area contributed by atoms with Gasteiger partial charge in [-0.25, -0.2) is 0 Å². The summed E-state index contributed by atoms with van der Waals surface area (Å²) in [6.45, 7) is 3.02. The lowest BCUT2D eigenvalue weighted by atomic mass is 9.96. The summed E-state index contributed by atoms with van der Waals surface area (Å²) in [5.74, 6) is -0.428. The van der Waals surface area contributed by atoms with Crippen LogP contribution in [0.5, 0.6) is 5.75 Å². The molecule has 0 spiro atoms. The van der Waals surface area contributed by atoms with Gasteiger partial charge in [0, 0.05) is 0 Å². The third-order valence-electron chi connectivity index (χ3n) is 2.38. The summed E-state index contributed by atoms with van der Waals surface area (Å²) < 4.78 is 5.06. The molecule has 0 saturated carbocycles. The molecule has 1 unspecified atom stereocenters. The quantitative estimate of drug-likeness (QED) is 0.559. The van der Waals surface area contributed by atoms with Crippen molar-refractivity contribution in [3.05, 3.63) is 29.8 Å². The molecule has 1 aromatic rings. The van der Waals surface area contributed by atoms with E-state index in [4.69, 9.17) is 4.74 Å². The van der Waals surface area contributed by atoms with Gasteiger partial charge in [0.05, 0.1) is 18.6 Å². The highest BCUT2D eigenvalue weighted by atomic mass is 16.5. The van der Waals surface area contributed by atoms with Crippen molar-refractivity contribution in [3.63, 3.8) is 0 Å². The van der Waals surface area contributed by atoms with Crippen LogP contribution < -0.4 is 4.74 Å². The second-order valence-corrected chi connectivity index (χ2v) is 3.40. The average Bonchev–Trinajstić information content (AvgIpc) is 2.26. The number of methoxy groups -OCH3 is 1. The Balaban J connectivity index is 3.05. The van der Waals surface area contributed by atoms with E-state index in [0.717, 1.165) is 0 Å². The van der Waals surface area contributed by atoms with Crippen LogP contribution in [0.4, 0.5) is 0 Å². The Labute approximate surface area is 89.1 Å². The van der Waals surface area contributed by atoms with Crippen molar-refractivity contribution >= 4 is 11.6 Å². The zero-order chi connectivity index (χ0) is 11.4. The average molecular weight is 206 g/mol. The van der Waals surface area contributed by atoms with E-state index in [1.54, 1.807) is 31.2 Å². The number of carbonyl (C=O) groups is 2. The number of ether oxygens (including phenoxy) is 1. The monoisotopic (exact) mass is 206 g/mol. The third-order valence-corrected chi connectivity index (χ3v) is 2.38. The van der Waals surface area contributed by atoms with Gasteiger partial charge in [-0.3, -0.25) is 9.59 Å². The van der Waals surface area contributed by atoms with Gasteiger partial charge in [-0.05, 0) is 26.0 Å². The molecular weight excluding hydrogens is 192 g/mol. The van der Waals surface area contributed by atoms with E-state index >= 15 is 0 Å². The predicted octanol–water partition coefficient (Wildman–Crippen LogP) is 2.10. The molecule has 0 bridgehead atoms. The molecule has 1 rings (SSSR count). The summed E-state index contributed by atoms with van der Waals surface area (Å²) in [4.78, 5) is 23.0. The lowest BCUT2D eigenvalue weighted by Crippen LogP contribution is -2.19. The lowest BCUT2D eigenvalue weighted by molar-refractivity contribution is -0.118. The molecule has 0 amide bonds. The summed E-state index contributed by atoms with van der Waals surface area (Å²) in [7, 11) is 1.50. The fourth-order valence-corrected chi connectivity index (χ4v) is 1.27. The van der Waals surface area contributed by atoms with Crippen LogP contribution in [0.15, 0.2) is 24.3 Å². The van der Waals surface area contributed by atoms with Crippen LogP contribution in [0.2, 0.25) is 0 Å². The topological polar surface area (TPSA) is 43.4 Å². The number of ketones is 2. The number of carbonyl (C=O) groups excluding carboxylic acids is 2. The zero-order valence-corrected chi connectivity index (χ0v) is 9.11. The highest BCUT2D eigenvalue weighted by molar-refractivity contribution is 6.11. The van der Waals surface area contributed by atoms with Crippen molar-refractivity contribution in [2.24, 2.45) is 5.92 Å². The van der Waals surface area contributed by atoms with Gasteiger partial charge >= 0.3 is 0 Å². The second-order valence-electron chi connectivity index (χ2n) is 3.40. The van der Waals surface area contributed by atoms with Gasteiger partial charge in [0.25, 0.3) is 0 Å². The van der Waals surface area contributed by atoms with E-state index in [2.05, 4.69) is 0 Å². The van der Waals surface area contributed by atoms with E-state index in [1.807, 2.05) is 0 Å². The first-order chi connectivity index (χ1) is 7.07. The zero-order valence-electron chi connectivity index (χ0n) is 9.11. The Bertz CT molecular complexity index is 382. The molecule has 3 nitrogen and oxygen atoms in total. The van der Waals surface area contributed by atoms with E-state index in [1.165, 1.54) is 14.0 Å². The summed E-state index contributed by atoms with van der Waals surface area (Å²) in [6.07, 6.45) is 0. The minimum Gasteiger partial charge on any atom is -0.496 e. The van der Waals surface area contributed by atoms with Crippen LogP contribution >= 0.6 is 0 Å². The number of para-hydroxylation sites is 1. The first-order valence-electron chi connectivity index (χ1n) is 4.75. The molecule has 0 saturated heterocycles. The third kappa shape index (κ3) is 2.43. The van der Waals surface area contributed by atoms with Gasteiger partial charge in [-0.2, -0.15) is 0 Å². The van der Waals surface area contributed by atoms with Crippen molar-refractivity contribution < 1.29 is 14.3 Å². The van der Waals surface area contributed by atoms with Gasteiger partial charge < -0.3 is 4.74 Å². The normalized spacial score (nSPS) is 11.9. The minimum absolute atomic E-state index is 0.133. The van der Waals surface area contributed by atoms with E-state index in [0.29, 0.717) is 11.3 Å². The highest BCUT2D eigenvalue weighted by Gasteiger charge is 2.21. The van der Waals surface area contributed by atoms with Gasteiger partial charge in [-0.15, -0.1) is 0 Å². The van der Waals surface area contributed by atoms with Crippen LogP contribution in [0, 0.1) is 5.92 Å². The molecule has 0 radical (unpaired) electrons. The molecule has 15 heavy (non-hydrogen) atoms. The van der Waals surface area contributed by atoms with Gasteiger partial charge in [0.15, 0.2) is 5.78 Å². The maximum atomic E-state index is 11.9. The summed E-state index contributed by atoms with van der Waals surface area (Å²) in [6, 6.07) is 6.91. The van der Waals surface area contributed by atoms with Gasteiger partial charge in [0.2, 0.25) is 0 Å². The number of hydrogen-bond acceptors (Lipinski definition) is 3. The van der Waals surface area contributed by atoms with Gasteiger partial charge in [0.1, 0.15) is 11.5 Å². The van der Waals surface area contributed by atoms with Crippen molar-refractivity contribution in [3.8, 4) is 5.75 Å². The molecule has 1 aromatic carbocycles. The Kier molecular flexibility index (Phi) is 3.61.